The first kappa shape index (κ1) is 21.5. The van der Waals surface area contributed by atoms with Crippen molar-refractivity contribution in [2.24, 2.45) is 0 Å². The van der Waals surface area contributed by atoms with Crippen LogP contribution in [0.15, 0.2) is 64.6 Å². The number of benzene rings is 1. The molecule has 32 heavy (non-hydrogen) atoms. The number of sulfonamides is 1. The van der Waals surface area contributed by atoms with Gasteiger partial charge >= 0.3 is 0 Å². The Balaban J connectivity index is 1.42. The number of fused-ring (bicyclic) bond motifs is 1. The van der Waals surface area contributed by atoms with Crippen LogP contribution >= 0.6 is 34.3 Å². The molecule has 164 valence electrons. The number of thiazole rings is 1. The number of carbonyl (C=O) groups excluding carboxylic acids is 1. The molecule has 3 aromatic heterocycles. The summed E-state index contributed by atoms with van der Waals surface area (Å²) in [5.74, 6) is -0.270. The standard InChI is InChI=1S/C21H17ClN4O3S3/c22-16-4-3-14-10-19(31-17(14)11-16)32(28,29)25-7-8-26(18(27)13-25)20(21-24-6-9-30-21)15-2-1-5-23-12-15/h1-6,9-12,20H,7-8,13H2. The van der Waals surface area contributed by atoms with E-state index in [1.165, 1.54) is 15.6 Å². The van der Waals surface area contributed by atoms with Crippen molar-refractivity contribution in [2.75, 3.05) is 19.6 Å². The fourth-order valence-corrected chi connectivity index (χ4v) is 7.73. The molecule has 0 aliphatic carbocycles. The lowest BCUT2D eigenvalue weighted by Gasteiger charge is -2.37. The zero-order valence-corrected chi connectivity index (χ0v) is 19.8. The Morgan fingerprint density at radius 3 is 2.72 bits per heavy atom. The number of amides is 1. The van der Waals surface area contributed by atoms with E-state index in [1.807, 2.05) is 17.5 Å². The van der Waals surface area contributed by atoms with Crippen molar-refractivity contribution in [1.82, 2.24) is 19.2 Å². The molecule has 7 nitrogen and oxygen atoms in total. The number of pyridine rings is 1. The Bertz CT molecular complexity index is 1370. The van der Waals surface area contributed by atoms with E-state index < -0.39 is 16.1 Å². The lowest BCUT2D eigenvalue weighted by atomic mass is 10.1. The monoisotopic (exact) mass is 504 g/mol. The van der Waals surface area contributed by atoms with Gasteiger partial charge in [-0.25, -0.2) is 13.4 Å². The lowest BCUT2D eigenvalue weighted by molar-refractivity contribution is -0.135. The van der Waals surface area contributed by atoms with Crippen molar-refractivity contribution in [3.8, 4) is 0 Å². The molecule has 4 heterocycles. The van der Waals surface area contributed by atoms with Crippen LogP contribution in [0.25, 0.3) is 10.1 Å². The molecule has 11 heteroatoms. The number of hydrogen-bond acceptors (Lipinski definition) is 7. The SMILES string of the molecule is O=C1CN(S(=O)(=O)c2cc3ccc(Cl)cc3s2)CCN1C(c1cccnc1)c1nccs1. The molecule has 1 unspecified atom stereocenters. The highest BCUT2D eigenvalue weighted by Crippen LogP contribution is 2.35. The van der Waals surface area contributed by atoms with Gasteiger partial charge in [-0.1, -0.05) is 23.7 Å². The highest BCUT2D eigenvalue weighted by molar-refractivity contribution is 7.91. The van der Waals surface area contributed by atoms with Crippen LogP contribution in [0.4, 0.5) is 0 Å². The van der Waals surface area contributed by atoms with Crippen LogP contribution in [0.5, 0.6) is 0 Å². The van der Waals surface area contributed by atoms with Crippen LogP contribution in [-0.2, 0) is 14.8 Å². The van der Waals surface area contributed by atoms with Crippen molar-refractivity contribution >= 4 is 60.3 Å². The van der Waals surface area contributed by atoms with Gasteiger partial charge in [-0.05, 0) is 35.2 Å². The summed E-state index contributed by atoms with van der Waals surface area (Å²) in [7, 11) is -3.80. The molecular weight excluding hydrogens is 488 g/mol. The van der Waals surface area contributed by atoms with Crippen molar-refractivity contribution in [3.63, 3.8) is 0 Å². The predicted octanol–water partition coefficient (Wildman–Crippen LogP) is 4.03. The second-order valence-electron chi connectivity index (χ2n) is 7.23. The molecule has 1 fully saturated rings. The lowest BCUT2D eigenvalue weighted by Crippen LogP contribution is -2.53. The average molecular weight is 505 g/mol. The van der Waals surface area contributed by atoms with E-state index in [1.54, 1.807) is 47.8 Å². The molecule has 4 aromatic rings. The zero-order valence-electron chi connectivity index (χ0n) is 16.6. The van der Waals surface area contributed by atoms with Gasteiger partial charge in [0.05, 0.1) is 6.54 Å². The maximum atomic E-state index is 13.3. The zero-order chi connectivity index (χ0) is 22.3. The van der Waals surface area contributed by atoms with E-state index in [2.05, 4.69) is 9.97 Å². The first-order chi connectivity index (χ1) is 15.4. The smallest absolute Gasteiger partial charge is 0.253 e. The van der Waals surface area contributed by atoms with Gasteiger partial charge in [-0.3, -0.25) is 9.78 Å². The third-order valence-electron chi connectivity index (χ3n) is 5.27. The number of rotatable bonds is 5. The predicted molar refractivity (Wildman–Crippen MR) is 126 cm³/mol. The highest BCUT2D eigenvalue weighted by atomic mass is 35.5. The third-order valence-corrected chi connectivity index (χ3v) is 9.73. The summed E-state index contributed by atoms with van der Waals surface area (Å²) in [4.78, 5) is 23.4. The van der Waals surface area contributed by atoms with Crippen LogP contribution in [0.1, 0.15) is 16.6 Å². The van der Waals surface area contributed by atoms with E-state index >= 15 is 0 Å². The van der Waals surface area contributed by atoms with Crippen LogP contribution in [0.2, 0.25) is 5.02 Å². The van der Waals surface area contributed by atoms with Crippen LogP contribution < -0.4 is 0 Å². The fourth-order valence-electron chi connectivity index (χ4n) is 3.74. The molecule has 0 spiro atoms. The van der Waals surface area contributed by atoms with Gasteiger partial charge in [-0.2, -0.15) is 4.31 Å². The molecule has 0 saturated carbocycles. The van der Waals surface area contributed by atoms with Crippen LogP contribution in [0, 0.1) is 0 Å². The molecule has 1 aliphatic heterocycles. The second kappa shape index (κ2) is 8.53. The maximum absolute atomic E-state index is 13.3. The largest absolute Gasteiger partial charge is 0.327 e. The van der Waals surface area contributed by atoms with Gasteiger partial charge < -0.3 is 4.90 Å². The molecule has 1 aromatic carbocycles. The Morgan fingerprint density at radius 1 is 1.12 bits per heavy atom. The van der Waals surface area contributed by atoms with Crippen molar-refractivity contribution in [3.05, 3.63) is 76.0 Å². The topological polar surface area (TPSA) is 83.5 Å². The number of nitrogens with zero attached hydrogens (tertiary/aromatic N) is 4. The normalized spacial score (nSPS) is 16.5. The van der Waals surface area contributed by atoms with Crippen molar-refractivity contribution in [1.29, 1.82) is 0 Å². The number of carbonyl (C=O) groups is 1. The van der Waals surface area contributed by atoms with E-state index in [-0.39, 0.29) is 29.8 Å². The van der Waals surface area contributed by atoms with Crippen LogP contribution in [-0.4, -0.2) is 53.1 Å². The van der Waals surface area contributed by atoms with Gasteiger partial charge in [0, 0.05) is 46.8 Å². The Labute approximate surface area is 198 Å². The summed E-state index contributed by atoms with van der Waals surface area (Å²) >= 11 is 8.65. The third kappa shape index (κ3) is 3.93. The quantitative estimate of drug-likeness (QED) is 0.410. The molecule has 0 N–H and O–H groups in total. The Kier molecular flexibility index (Phi) is 5.72. The number of thiophene rings is 1. The molecule has 1 aliphatic rings. The van der Waals surface area contributed by atoms with E-state index in [0.29, 0.717) is 5.02 Å². The first-order valence-corrected chi connectivity index (χ1v) is 13.2. The highest BCUT2D eigenvalue weighted by Gasteiger charge is 2.38. The summed E-state index contributed by atoms with van der Waals surface area (Å²) in [6.07, 6.45) is 5.08. The van der Waals surface area contributed by atoms with Crippen LogP contribution in [0.3, 0.4) is 0 Å². The summed E-state index contributed by atoms with van der Waals surface area (Å²) in [5, 5.41) is 3.99. The van der Waals surface area contributed by atoms with E-state index in [4.69, 9.17) is 11.6 Å². The van der Waals surface area contributed by atoms with E-state index in [9.17, 15) is 13.2 Å². The fraction of sp³-hybridized carbons (Fsp3) is 0.190. The Morgan fingerprint density at radius 2 is 2.00 bits per heavy atom. The number of halogens is 1. The molecule has 1 atom stereocenters. The molecule has 0 radical (unpaired) electrons. The average Bonchev–Trinajstić information content (AvgIpc) is 3.46. The van der Waals surface area contributed by atoms with Gasteiger partial charge in [0.2, 0.25) is 5.91 Å². The molecular formula is C21H17ClN4O3S3. The van der Waals surface area contributed by atoms with Crippen molar-refractivity contribution in [2.45, 2.75) is 10.3 Å². The van der Waals surface area contributed by atoms with Crippen molar-refractivity contribution < 1.29 is 13.2 Å². The van der Waals surface area contributed by atoms with Gasteiger partial charge in [0.25, 0.3) is 10.0 Å². The minimum atomic E-state index is -3.80. The number of aromatic nitrogens is 2. The first-order valence-electron chi connectivity index (χ1n) is 9.71. The molecule has 5 rings (SSSR count). The summed E-state index contributed by atoms with van der Waals surface area (Å²) in [6, 6.07) is 10.2. The maximum Gasteiger partial charge on any atom is 0.253 e. The van der Waals surface area contributed by atoms with Gasteiger partial charge in [0.1, 0.15) is 15.3 Å². The number of hydrogen-bond donors (Lipinski definition) is 0. The second-order valence-corrected chi connectivity index (χ2v) is 11.8. The summed E-state index contributed by atoms with van der Waals surface area (Å²) < 4.78 is 28.8. The molecule has 1 amide bonds. The van der Waals surface area contributed by atoms with Gasteiger partial charge in [0.15, 0.2) is 0 Å². The minimum Gasteiger partial charge on any atom is -0.327 e. The molecule has 1 saturated heterocycles. The summed E-state index contributed by atoms with van der Waals surface area (Å²) in [6.45, 7) is 0.235. The number of piperazine rings is 1. The van der Waals surface area contributed by atoms with Gasteiger partial charge in [-0.15, -0.1) is 22.7 Å². The van der Waals surface area contributed by atoms with E-state index in [0.717, 1.165) is 32.0 Å². The molecule has 0 bridgehead atoms. The summed E-state index contributed by atoms with van der Waals surface area (Å²) in [5.41, 5.74) is 0.841. The Hall–Kier alpha value is -2.37. The minimum absolute atomic E-state index is 0.200.